The summed E-state index contributed by atoms with van der Waals surface area (Å²) in [5, 5.41) is 11.8. The van der Waals surface area contributed by atoms with Crippen molar-refractivity contribution >= 4 is 15.9 Å². The number of piperidine rings is 1. The van der Waals surface area contributed by atoms with E-state index in [1.54, 1.807) is 42.2 Å². The van der Waals surface area contributed by atoms with Crippen molar-refractivity contribution in [2.24, 2.45) is 13.0 Å². The molecule has 0 bridgehead atoms. The number of nitrogens with one attached hydrogen (secondary N) is 1. The van der Waals surface area contributed by atoms with Gasteiger partial charge in [0.2, 0.25) is 15.9 Å². The molecule has 0 unspecified atom stereocenters. The van der Waals surface area contributed by atoms with Crippen molar-refractivity contribution in [1.29, 1.82) is 5.26 Å². The maximum absolute atomic E-state index is 14.6. The molecule has 3 aromatic rings. The highest BCUT2D eigenvalue weighted by Crippen LogP contribution is 2.27. The van der Waals surface area contributed by atoms with Gasteiger partial charge in [-0.2, -0.15) is 9.57 Å². The Kier molecular flexibility index (Phi) is 6.77. The van der Waals surface area contributed by atoms with E-state index < -0.39 is 27.8 Å². The Balaban J connectivity index is 1.46. The van der Waals surface area contributed by atoms with Gasteiger partial charge >= 0.3 is 0 Å². The highest BCUT2D eigenvalue weighted by molar-refractivity contribution is 7.89. The van der Waals surface area contributed by atoms with Gasteiger partial charge in [0.05, 0.1) is 16.5 Å². The molecule has 8 nitrogen and oxygen atoms in total. The van der Waals surface area contributed by atoms with Crippen molar-refractivity contribution in [3.63, 3.8) is 0 Å². The van der Waals surface area contributed by atoms with E-state index in [0.717, 1.165) is 0 Å². The molecule has 1 aliphatic rings. The minimum Gasteiger partial charge on any atom is -0.342 e. The summed E-state index contributed by atoms with van der Waals surface area (Å²) in [7, 11) is -1.95. The monoisotopic (exact) mass is 481 g/mol. The predicted molar refractivity (Wildman–Crippen MR) is 122 cm³/mol. The topological polar surface area (TPSA) is 108 Å². The van der Waals surface area contributed by atoms with Gasteiger partial charge in [-0.1, -0.05) is 18.2 Å². The second kappa shape index (κ2) is 9.75. The van der Waals surface area contributed by atoms with E-state index in [-0.39, 0.29) is 23.9 Å². The van der Waals surface area contributed by atoms with Crippen LogP contribution in [0.4, 0.5) is 4.39 Å². The Bertz CT molecular complexity index is 1320. The van der Waals surface area contributed by atoms with Crippen LogP contribution in [0, 0.1) is 23.1 Å². The van der Waals surface area contributed by atoms with Crippen LogP contribution in [0.1, 0.15) is 35.8 Å². The third-order valence-electron chi connectivity index (χ3n) is 6.07. The largest absolute Gasteiger partial charge is 0.342 e. The van der Waals surface area contributed by atoms with E-state index in [9.17, 15) is 17.6 Å². The Hall–Kier alpha value is -3.55. The van der Waals surface area contributed by atoms with E-state index in [2.05, 4.69) is 10.3 Å². The molecule has 1 aromatic heterocycles. The number of imidazole rings is 1. The summed E-state index contributed by atoms with van der Waals surface area (Å²) in [6.07, 6.45) is 3.99. The van der Waals surface area contributed by atoms with E-state index in [1.165, 1.54) is 34.6 Å². The number of rotatable bonds is 6. The number of carbonyl (C=O) groups is 1. The number of carbonyl (C=O) groups excluding carboxylic acids is 1. The summed E-state index contributed by atoms with van der Waals surface area (Å²) >= 11 is 0. The fourth-order valence-corrected chi connectivity index (χ4v) is 5.58. The molecule has 4 rings (SSSR count). The molecule has 1 amide bonds. The predicted octanol–water partition coefficient (Wildman–Crippen LogP) is 2.74. The highest BCUT2D eigenvalue weighted by Gasteiger charge is 2.34. The first-order chi connectivity index (χ1) is 16.3. The van der Waals surface area contributed by atoms with Gasteiger partial charge in [-0.15, -0.1) is 0 Å². The standard InChI is InChI=1S/C24H24FN5O3S/c1-29-15-12-27-23(29)22(20-4-2-3-5-21(20)25)28-24(31)18-10-13-30(14-11-18)34(32,33)19-8-6-17(16-26)7-9-19/h2-9,12,15,18,22H,10-11,13-14H2,1H3,(H,28,31)/t22-/m1/s1. The lowest BCUT2D eigenvalue weighted by atomic mass is 9.96. The molecule has 0 saturated carbocycles. The molecule has 0 spiro atoms. The first kappa shape index (κ1) is 23.6. The van der Waals surface area contributed by atoms with Crippen LogP contribution >= 0.6 is 0 Å². The molecule has 1 N–H and O–H groups in total. The van der Waals surface area contributed by atoms with Gasteiger partial charge in [0, 0.05) is 44.0 Å². The molecule has 176 valence electrons. The highest BCUT2D eigenvalue weighted by atomic mass is 32.2. The molecule has 1 saturated heterocycles. The lowest BCUT2D eigenvalue weighted by molar-refractivity contribution is -0.126. The minimum absolute atomic E-state index is 0.115. The zero-order chi connectivity index (χ0) is 24.3. The Morgan fingerprint density at radius 1 is 1.18 bits per heavy atom. The van der Waals surface area contributed by atoms with Crippen molar-refractivity contribution in [2.45, 2.75) is 23.8 Å². The molecule has 0 radical (unpaired) electrons. The Morgan fingerprint density at radius 2 is 1.85 bits per heavy atom. The smallest absolute Gasteiger partial charge is 0.243 e. The lowest BCUT2D eigenvalue weighted by Gasteiger charge is -2.31. The van der Waals surface area contributed by atoms with E-state index in [4.69, 9.17) is 5.26 Å². The van der Waals surface area contributed by atoms with Crippen LogP contribution in [0.3, 0.4) is 0 Å². The third-order valence-corrected chi connectivity index (χ3v) is 7.98. The summed E-state index contributed by atoms with van der Waals surface area (Å²) < 4.78 is 43.5. The number of hydrogen-bond donors (Lipinski definition) is 1. The van der Waals surface area contributed by atoms with Crippen LogP contribution in [0.5, 0.6) is 0 Å². The molecule has 1 aliphatic heterocycles. The lowest BCUT2D eigenvalue weighted by Crippen LogP contribution is -2.44. The number of aryl methyl sites for hydroxylation is 1. The fourth-order valence-electron chi connectivity index (χ4n) is 4.11. The first-order valence-electron chi connectivity index (χ1n) is 10.8. The molecular formula is C24H24FN5O3S. The van der Waals surface area contributed by atoms with Crippen LogP contribution in [-0.2, 0) is 21.9 Å². The summed E-state index contributed by atoms with van der Waals surface area (Å²) in [5.74, 6) is -0.632. The summed E-state index contributed by atoms with van der Waals surface area (Å²) in [5.41, 5.74) is 0.692. The number of benzene rings is 2. The van der Waals surface area contributed by atoms with Crippen LogP contribution in [0.2, 0.25) is 0 Å². The molecule has 34 heavy (non-hydrogen) atoms. The van der Waals surface area contributed by atoms with Crippen LogP contribution in [0.15, 0.2) is 65.8 Å². The van der Waals surface area contributed by atoms with Gasteiger partial charge in [0.25, 0.3) is 0 Å². The quantitative estimate of drug-likeness (QED) is 0.583. The van der Waals surface area contributed by atoms with Gasteiger partial charge in [0.1, 0.15) is 17.7 Å². The molecule has 2 aromatic carbocycles. The summed E-state index contributed by atoms with van der Waals surface area (Å²) in [6.45, 7) is 0.375. The number of aromatic nitrogens is 2. The van der Waals surface area contributed by atoms with E-state index in [1.807, 2.05) is 6.07 Å². The van der Waals surface area contributed by atoms with E-state index in [0.29, 0.717) is 29.8 Å². The number of amides is 1. The summed E-state index contributed by atoms with van der Waals surface area (Å²) in [6, 6.07) is 13.2. The Morgan fingerprint density at radius 3 is 2.44 bits per heavy atom. The van der Waals surface area contributed by atoms with Crippen molar-refractivity contribution in [3.05, 3.63) is 83.7 Å². The van der Waals surface area contributed by atoms with Gasteiger partial charge in [0.15, 0.2) is 0 Å². The summed E-state index contributed by atoms with van der Waals surface area (Å²) in [4.78, 5) is 17.5. The van der Waals surface area contributed by atoms with Crippen molar-refractivity contribution in [2.75, 3.05) is 13.1 Å². The van der Waals surface area contributed by atoms with Crippen LogP contribution in [-0.4, -0.2) is 41.3 Å². The molecular weight excluding hydrogens is 457 g/mol. The second-order valence-electron chi connectivity index (χ2n) is 8.17. The number of hydrogen-bond acceptors (Lipinski definition) is 5. The second-order valence-corrected chi connectivity index (χ2v) is 10.1. The molecule has 10 heteroatoms. The van der Waals surface area contributed by atoms with Crippen LogP contribution in [0.25, 0.3) is 0 Å². The average Bonchev–Trinajstić information content (AvgIpc) is 3.28. The Labute approximate surface area is 197 Å². The first-order valence-corrected chi connectivity index (χ1v) is 12.3. The third kappa shape index (κ3) is 4.71. The minimum atomic E-state index is -3.72. The van der Waals surface area contributed by atoms with Crippen LogP contribution < -0.4 is 5.32 Å². The zero-order valence-corrected chi connectivity index (χ0v) is 19.4. The van der Waals surface area contributed by atoms with Crippen molar-refractivity contribution in [1.82, 2.24) is 19.2 Å². The molecule has 1 atom stereocenters. The number of sulfonamides is 1. The molecule has 1 fully saturated rings. The zero-order valence-electron chi connectivity index (χ0n) is 18.6. The van der Waals surface area contributed by atoms with Gasteiger partial charge in [-0.3, -0.25) is 4.79 Å². The van der Waals surface area contributed by atoms with E-state index >= 15 is 0 Å². The molecule has 2 heterocycles. The SMILES string of the molecule is Cn1ccnc1[C@H](NC(=O)C1CCN(S(=O)(=O)c2ccc(C#N)cc2)CC1)c1ccccc1F. The number of nitrogens with zero attached hydrogens (tertiary/aromatic N) is 4. The normalized spacial score (nSPS) is 16.0. The van der Waals surface area contributed by atoms with Gasteiger partial charge < -0.3 is 9.88 Å². The maximum Gasteiger partial charge on any atom is 0.243 e. The fraction of sp³-hybridized carbons (Fsp3) is 0.292. The average molecular weight is 482 g/mol. The van der Waals surface area contributed by atoms with Gasteiger partial charge in [-0.25, -0.2) is 17.8 Å². The number of halogens is 1. The maximum atomic E-state index is 14.6. The van der Waals surface area contributed by atoms with Crippen molar-refractivity contribution < 1.29 is 17.6 Å². The molecule has 0 aliphatic carbocycles. The van der Waals surface area contributed by atoms with Crippen molar-refractivity contribution in [3.8, 4) is 6.07 Å². The number of nitriles is 1. The van der Waals surface area contributed by atoms with Gasteiger partial charge in [-0.05, 0) is 43.2 Å².